The molecule has 0 aliphatic carbocycles. The summed E-state index contributed by atoms with van der Waals surface area (Å²) in [5, 5.41) is 8.42. The fourth-order valence-electron chi connectivity index (χ4n) is 1.82. The van der Waals surface area contributed by atoms with E-state index < -0.39 is 12.6 Å². The molecule has 3 nitrogen and oxygen atoms in total. The Morgan fingerprint density at radius 1 is 0.882 bits per heavy atom. The second-order valence-electron chi connectivity index (χ2n) is 4.56. The topological polar surface area (TPSA) is 46.5 Å². The van der Waals surface area contributed by atoms with Crippen LogP contribution in [0.1, 0.15) is 71.1 Å². The summed E-state index contributed by atoms with van der Waals surface area (Å²) < 4.78 is 4.77. The third-order valence-electron chi connectivity index (χ3n) is 2.89. The second kappa shape index (κ2) is 13.5. The van der Waals surface area contributed by atoms with Crippen LogP contribution in [0, 0.1) is 0 Å². The van der Waals surface area contributed by atoms with E-state index in [9.17, 15) is 4.79 Å². The van der Waals surface area contributed by atoms with E-state index in [0.717, 1.165) is 12.8 Å². The van der Waals surface area contributed by atoms with Gasteiger partial charge in [-0.1, -0.05) is 64.7 Å². The molecule has 0 radical (unpaired) electrons. The molecule has 0 atom stereocenters. The Bertz CT molecular complexity index is 169. The first-order valence-electron chi connectivity index (χ1n) is 7.07. The Hall–Kier alpha value is -0.570. The number of unbranched alkanes of at least 4 members (excludes halogenated alkanes) is 9. The molecule has 3 heteroatoms. The zero-order chi connectivity index (χ0) is 12.8. The van der Waals surface area contributed by atoms with Gasteiger partial charge in [-0.25, -0.2) is 4.79 Å². The first-order valence-corrected chi connectivity index (χ1v) is 7.07. The van der Waals surface area contributed by atoms with E-state index in [4.69, 9.17) is 9.84 Å². The van der Waals surface area contributed by atoms with Crippen LogP contribution in [0.25, 0.3) is 0 Å². The molecule has 1 N–H and O–H groups in total. The minimum absolute atomic E-state index is 0.454. The molecule has 0 spiro atoms. The summed E-state index contributed by atoms with van der Waals surface area (Å²) in [5.41, 5.74) is 0. The summed E-state index contributed by atoms with van der Waals surface area (Å²) in [6.45, 7) is 2.19. The third kappa shape index (κ3) is 13.4. The van der Waals surface area contributed by atoms with Crippen LogP contribution in [0.2, 0.25) is 0 Å². The largest absolute Gasteiger partial charge is 0.464 e. The van der Waals surface area contributed by atoms with E-state index in [1.807, 2.05) is 0 Å². The van der Waals surface area contributed by atoms with Crippen molar-refractivity contribution < 1.29 is 14.6 Å². The average Bonchev–Trinajstić information content (AvgIpc) is 2.35. The maximum absolute atomic E-state index is 10.6. The maximum Gasteiger partial charge on any atom is 0.331 e. The molecule has 0 amide bonds. The van der Waals surface area contributed by atoms with E-state index in [1.54, 1.807) is 0 Å². The smallest absolute Gasteiger partial charge is 0.331 e. The fraction of sp³-hybridized carbons (Fsp3) is 0.929. The van der Waals surface area contributed by atoms with Crippen LogP contribution >= 0.6 is 0 Å². The molecule has 0 unspecified atom stereocenters. The van der Waals surface area contributed by atoms with Gasteiger partial charge in [-0.05, 0) is 6.42 Å². The molecule has 0 aromatic carbocycles. The average molecular weight is 244 g/mol. The summed E-state index contributed by atoms with van der Waals surface area (Å²) in [6.07, 6.45) is 12.7. The molecule has 0 rings (SSSR count). The van der Waals surface area contributed by atoms with Crippen molar-refractivity contribution in [2.45, 2.75) is 71.1 Å². The van der Waals surface area contributed by atoms with Crippen LogP contribution in [0.3, 0.4) is 0 Å². The number of carbonyl (C=O) groups is 1. The Balaban J connectivity index is 2.96. The number of aliphatic hydroxyl groups is 1. The molecule has 0 heterocycles. The number of ether oxygens (including phenoxy) is 1. The van der Waals surface area contributed by atoms with Gasteiger partial charge >= 0.3 is 5.97 Å². The summed E-state index contributed by atoms with van der Waals surface area (Å²) in [6, 6.07) is 0. The number of carbonyl (C=O) groups excluding carboxylic acids is 1. The van der Waals surface area contributed by atoms with Crippen molar-refractivity contribution in [3.63, 3.8) is 0 Å². The highest BCUT2D eigenvalue weighted by molar-refractivity contribution is 5.70. The molecule has 0 saturated carbocycles. The highest BCUT2D eigenvalue weighted by Crippen LogP contribution is 2.10. The van der Waals surface area contributed by atoms with Gasteiger partial charge in [0.25, 0.3) is 0 Å². The normalized spacial score (nSPS) is 10.5. The molecule has 0 fully saturated rings. The van der Waals surface area contributed by atoms with Gasteiger partial charge in [0, 0.05) is 0 Å². The van der Waals surface area contributed by atoms with E-state index in [-0.39, 0.29) is 0 Å². The lowest BCUT2D eigenvalue weighted by atomic mass is 10.1. The third-order valence-corrected chi connectivity index (χ3v) is 2.89. The minimum Gasteiger partial charge on any atom is -0.464 e. The predicted molar refractivity (Wildman–Crippen MR) is 69.9 cm³/mol. The van der Waals surface area contributed by atoms with Gasteiger partial charge in [-0.15, -0.1) is 0 Å². The number of esters is 1. The molecule has 102 valence electrons. The van der Waals surface area contributed by atoms with E-state index in [0.29, 0.717) is 6.61 Å². The lowest BCUT2D eigenvalue weighted by Crippen LogP contribution is -2.09. The summed E-state index contributed by atoms with van der Waals surface area (Å²) >= 11 is 0. The molecule has 0 saturated heterocycles. The summed E-state index contributed by atoms with van der Waals surface area (Å²) in [7, 11) is 0. The van der Waals surface area contributed by atoms with Gasteiger partial charge in [0.2, 0.25) is 0 Å². The van der Waals surface area contributed by atoms with E-state index in [2.05, 4.69) is 6.92 Å². The van der Waals surface area contributed by atoms with E-state index in [1.165, 1.54) is 51.4 Å². The van der Waals surface area contributed by atoms with Gasteiger partial charge in [-0.2, -0.15) is 0 Å². The Morgan fingerprint density at radius 3 is 1.82 bits per heavy atom. The Morgan fingerprint density at radius 2 is 1.35 bits per heavy atom. The SMILES string of the molecule is CCCCCCCCCCCCOC(=O)CO. The van der Waals surface area contributed by atoms with Gasteiger partial charge < -0.3 is 9.84 Å². The van der Waals surface area contributed by atoms with Crippen LogP contribution in [-0.4, -0.2) is 24.3 Å². The van der Waals surface area contributed by atoms with Crippen molar-refractivity contribution in [2.75, 3.05) is 13.2 Å². The molecule has 0 aliphatic heterocycles. The van der Waals surface area contributed by atoms with Crippen LogP contribution in [-0.2, 0) is 9.53 Å². The molecule has 17 heavy (non-hydrogen) atoms. The number of hydrogen-bond donors (Lipinski definition) is 1. The van der Waals surface area contributed by atoms with Crippen LogP contribution in [0.4, 0.5) is 0 Å². The number of rotatable bonds is 12. The molecular weight excluding hydrogens is 216 g/mol. The summed E-state index contributed by atoms with van der Waals surface area (Å²) in [5.74, 6) is -0.513. The lowest BCUT2D eigenvalue weighted by molar-refractivity contribution is -0.147. The Kier molecular flexibility index (Phi) is 13.0. The number of aliphatic hydroxyl groups excluding tert-OH is 1. The van der Waals surface area contributed by atoms with Crippen molar-refractivity contribution in [3.8, 4) is 0 Å². The van der Waals surface area contributed by atoms with Crippen molar-refractivity contribution in [2.24, 2.45) is 0 Å². The highest BCUT2D eigenvalue weighted by Gasteiger charge is 1.98. The zero-order valence-corrected chi connectivity index (χ0v) is 11.2. The van der Waals surface area contributed by atoms with E-state index >= 15 is 0 Å². The van der Waals surface area contributed by atoms with Gasteiger partial charge in [0.05, 0.1) is 6.61 Å². The predicted octanol–water partition coefficient (Wildman–Crippen LogP) is 3.44. The molecular formula is C14H28O3. The van der Waals surface area contributed by atoms with Gasteiger partial charge in [0.15, 0.2) is 0 Å². The molecule has 0 aromatic heterocycles. The van der Waals surface area contributed by atoms with Crippen molar-refractivity contribution in [1.29, 1.82) is 0 Å². The zero-order valence-electron chi connectivity index (χ0n) is 11.2. The molecule has 0 bridgehead atoms. The fourth-order valence-corrected chi connectivity index (χ4v) is 1.82. The summed E-state index contributed by atoms with van der Waals surface area (Å²) in [4.78, 5) is 10.6. The monoisotopic (exact) mass is 244 g/mol. The van der Waals surface area contributed by atoms with Crippen LogP contribution in [0.15, 0.2) is 0 Å². The Labute approximate surface area is 106 Å². The minimum atomic E-state index is -0.513. The quantitative estimate of drug-likeness (QED) is 0.422. The van der Waals surface area contributed by atoms with Crippen LogP contribution in [0.5, 0.6) is 0 Å². The maximum atomic E-state index is 10.6. The highest BCUT2D eigenvalue weighted by atomic mass is 16.5. The lowest BCUT2D eigenvalue weighted by Gasteiger charge is -2.03. The molecule has 0 aromatic rings. The van der Waals surface area contributed by atoms with Crippen molar-refractivity contribution >= 4 is 5.97 Å². The first-order chi connectivity index (χ1) is 8.31. The molecule has 0 aliphatic rings. The van der Waals surface area contributed by atoms with Crippen molar-refractivity contribution in [1.82, 2.24) is 0 Å². The number of hydrogen-bond acceptors (Lipinski definition) is 3. The van der Waals surface area contributed by atoms with Crippen LogP contribution < -0.4 is 0 Å². The standard InChI is InChI=1S/C14H28O3/c1-2-3-4-5-6-7-8-9-10-11-12-17-14(16)13-15/h15H,2-13H2,1H3. The van der Waals surface area contributed by atoms with Crippen molar-refractivity contribution in [3.05, 3.63) is 0 Å². The van der Waals surface area contributed by atoms with Gasteiger partial charge in [0.1, 0.15) is 6.61 Å². The second-order valence-corrected chi connectivity index (χ2v) is 4.56. The van der Waals surface area contributed by atoms with Gasteiger partial charge in [-0.3, -0.25) is 0 Å². The first kappa shape index (κ1) is 16.4.